The molecule has 0 saturated carbocycles. The van der Waals surface area contributed by atoms with Gasteiger partial charge >= 0.3 is 5.97 Å². The first-order valence-corrected chi connectivity index (χ1v) is 3.98. The van der Waals surface area contributed by atoms with Crippen molar-refractivity contribution < 1.29 is 9.90 Å². The van der Waals surface area contributed by atoms with Crippen LogP contribution in [0.15, 0.2) is 18.5 Å². The van der Waals surface area contributed by atoms with Crippen molar-refractivity contribution in [2.45, 2.75) is 13.0 Å². The third-order valence-corrected chi connectivity index (χ3v) is 1.73. The van der Waals surface area contributed by atoms with Crippen LogP contribution in [0.3, 0.4) is 0 Å². The Balaban J connectivity index is 2.84. The number of hydrogen-bond acceptors (Lipinski definition) is 3. The van der Waals surface area contributed by atoms with Crippen LogP contribution in [0.4, 0.5) is 0 Å². The summed E-state index contributed by atoms with van der Waals surface area (Å²) in [7, 11) is 0. The van der Waals surface area contributed by atoms with Crippen LogP contribution in [0.25, 0.3) is 6.08 Å². The number of carbonyl (C=O) groups is 1. The molecule has 0 aliphatic rings. The number of rotatable bonds is 3. The predicted molar refractivity (Wildman–Crippen MR) is 49.2 cm³/mol. The number of allylic oxidation sites excluding steroid dienone is 1. The molecule has 0 bridgehead atoms. The quantitative estimate of drug-likeness (QED) is 0.724. The van der Waals surface area contributed by atoms with E-state index in [0.717, 1.165) is 0 Å². The summed E-state index contributed by atoms with van der Waals surface area (Å²) in [5.41, 5.74) is 0.708. The SMILES string of the molecule is C[C@@H](C(=O)O)n1cc(C=CC#N)cn1. The van der Waals surface area contributed by atoms with Gasteiger partial charge in [0, 0.05) is 17.8 Å². The topological polar surface area (TPSA) is 78.9 Å². The van der Waals surface area contributed by atoms with E-state index < -0.39 is 12.0 Å². The van der Waals surface area contributed by atoms with Crippen molar-refractivity contribution in [1.29, 1.82) is 5.26 Å². The van der Waals surface area contributed by atoms with Gasteiger partial charge in [-0.05, 0) is 13.0 Å². The number of nitriles is 1. The molecule has 5 nitrogen and oxygen atoms in total. The highest BCUT2D eigenvalue weighted by atomic mass is 16.4. The van der Waals surface area contributed by atoms with Crippen LogP contribution in [-0.2, 0) is 4.79 Å². The van der Waals surface area contributed by atoms with Gasteiger partial charge in [0.25, 0.3) is 0 Å². The van der Waals surface area contributed by atoms with E-state index in [0.29, 0.717) is 5.56 Å². The number of carboxylic acid groups (broad SMARTS) is 1. The molecule has 0 unspecified atom stereocenters. The van der Waals surface area contributed by atoms with Gasteiger partial charge in [0.1, 0.15) is 6.04 Å². The van der Waals surface area contributed by atoms with Crippen molar-refractivity contribution in [3.8, 4) is 6.07 Å². The number of aliphatic carboxylic acids is 1. The van der Waals surface area contributed by atoms with E-state index in [2.05, 4.69) is 5.10 Å². The molecule has 1 atom stereocenters. The minimum atomic E-state index is -0.941. The third kappa shape index (κ3) is 2.20. The maximum absolute atomic E-state index is 10.6. The minimum Gasteiger partial charge on any atom is -0.480 e. The second kappa shape index (κ2) is 4.23. The first-order chi connectivity index (χ1) is 6.65. The molecule has 0 aliphatic heterocycles. The van der Waals surface area contributed by atoms with Crippen LogP contribution in [0.1, 0.15) is 18.5 Å². The molecular formula is C9H9N3O2. The number of hydrogen-bond donors (Lipinski definition) is 1. The molecule has 0 amide bonds. The van der Waals surface area contributed by atoms with Crippen molar-refractivity contribution in [2.24, 2.45) is 0 Å². The summed E-state index contributed by atoms with van der Waals surface area (Å²) in [6.07, 6.45) is 5.96. The molecule has 72 valence electrons. The zero-order valence-electron chi connectivity index (χ0n) is 7.58. The summed E-state index contributed by atoms with van der Waals surface area (Å²) in [6.45, 7) is 1.53. The van der Waals surface area contributed by atoms with Crippen LogP contribution < -0.4 is 0 Å². The Kier molecular flexibility index (Phi) is 3.02. The predicted octanol–water partition coefficient (Wildman–Crippen LogP) is 1.07. The highest BCUT2D eigenvalue weighted by Crippen LogP contribution is 2.07. The molecule has 0 aliphatic carbocycles. The molecule has 1 heterocycles. The fourth-order valence-corrected chi connectivity index (χ4v) is 0.897. The van der Waals surface area contributed by atoms with E-state index >= 15 is 0 Å². The molecule has 0 aromatic carbocycles. The maximum atomic E-state index is 10.6. The van der Waals surface area contributed by atoms with Gasteiger partial charge in [-0.2, -0.15) is 10.4 Å². The van der Waals surface area contributed by atoms with Gasteiger partial charge in [-0.1, -0.05) is 0 Å². The summed E-state index contributed by atoms with van der Waals surface area (Å²) in [5, 5.41) is 20.8. The van der Waals surface area contributed by atoms with Crippen LogP contribution in [0.5, 0.6) is 0 Å². The summed E-state index contributed by atoms with van der Waals surface area (Å²) in [5.74, 6) is -0.941. The molecule has 1 aromatic rings. The lowest BCUT2D eigenvalue weighted by Crippen LogP contribution is -2.15. The number of nitrogens with zero attached hydrogens (tertiary/aromatic N) is 3. The summed E-state index contributed by atoms with van der Waals surface area (Å²) >= 11 is 0. The van der Waals surface area contributed by atoms with Gasteiger partial charge in [0.2, 0.25) is 0 Å². The van der Waals surface area contributed by atoms with E-state index in [-0.39, 0.29) is 0 Å². The summed E-state index contributed by atoms with van der Waals surface area (Å²) in [6, 6.07) is 1.15. The molecule has 1 N–H and O–H groups in total. The van der Waals surface area contributed by atoms with Crippen LogP contribution >= 0.6 is 0 Å². The normalized spacial score (nSPS) is 12.6. The Bertz CT molecular complexity index is 400. The van der Waals surface area contributed by atoms with Gasteiger partial charge in [-0.3, -0.25) is 4.68 Å². The largest absolute Gasteiger partial charge is 0.480 e. The molecule has 5 heteroatoms. The van der Waals surface area contributed by atoms with Crippen molar-refractivity contribution in [2.75, 3.05) is 0 Å². The fraction of sp³-hybridized carbons (Fsp3) is 0.222. The summed E-state index contributed by atoms with van der Waals surface area (Å²) in [4.78, 5) is 10.6. The maximum Gasteiger partial charge on any atom is 0.328 e. The van der Waals surface area contributed by atoms with Crippen molar-refractivity contribution in [1.82, 2.24) is 9.78 Å². The van der Waals surface area contributed by atoms with E-state index in [1.165, 1.54) is 23.9 Å². The number of aromatic nitrogens is 2. The molecule has 0 radical (unpaired) electrons. The van der Waals surface area contributed by atoms with Crippen molar-refractivity contribution >= 4 is 12.0 Å². The second-order valence-electron chi connectivity index (χ2n) is 2.73. The Morgan fingerprint density at radius 2 is 2.57 bits per heavy atom. The third-order valence-electron chi connectivity index (χ3n) is 1.73. The molecule has 1 aromatic heterocycles. The Labute approximate surface area is 80.9 Å². The van der Waals surface area contributed by atoms with Crippen molar-refractivity contribution in [3.63, 3.8) is 0 Å². The zero-order chi connectivity index (χ0) is 10.6. The standard InChI is InChI=1S/C9H9N3O2/c1-7(9(13)14)12-6-8(5-11-12)3-2-4-10/h2-3,5-7H,1H3,(H,13,14)/t7-/m0/s1. The van der Waals surface area contributed by atoms with Gasteiger partial charge in [0.15, 0.2) is 0 Å². The Morgan fingerprint density at radius 1 is 1.86 bits per heavy atom. The Hall–Kier alpha value is -2.09. The first-order valence-electron chi connectivity index (χ1n) is 3.98. The van der Waals surface area contributed by atoms with Gasteiger partial charge in [-0.25, -0.2) is 4.79 Å². The summed E-state index contributed by atoms with van der Waals surface area (Å²) < 4.78 is 1.33. The lowest BCUT2D eigenvalue weighted by molar-refractivity contribution is -0.140. The van der Waals surface area contributed by atoms with Crippen LogP contribution in [0.2, 0.25) is 0 Å². The van der Waals surface area contributed by atoms with Gasteiger partial charge in [0.05, 0.1) is 12.3 Å². The van der Waals surface area contributed by atoms with Crippen molar-refractivity contribution in [3.05, 3.63) is 24.0 Å². The lowest BCUT2D eigenvalue weighted by Gasteiger charge is -2.04. The minimum absolute atomic E-state index is 0.695. The molecule has 0 fully saturated rings. The lowest BCUT2D eigenvalue weighted by atomic mass is 10.3. The second-order valence-corrected chi connectivity index (χ2v) is 2.73. The van der Waals surface area contributed by atoms with E-state index in [1.807, 2.05) is 6.07 Å². The smallest absolute Gasteiger partial charge is 0.328 e. The Morgan fingerprint density at radius 3 is 3.14 bits per heavy atom. The average molecular weight is 191 g/mol. The molecule has 14 heavy (non-hydrogen) atoms. The molecule has 0 saturated heterocycles. The van der Waals surface area contributed by atoms with Crippen LogP contribution in [-0.4, -0.2) is 20.9 Å². The van der Waals surface area contributed by atoms with Crippen LogP contribution in [0, 0.1) is 11.3 Å². The molecule has 1 rings (SSSR count). The van der Waals surface area contributed by atoms with E-state index in [4.69, 9.17) is 10.4 Å². The number of carboxylic acids is 1. The molecular weight excluding hydrogens is 182 g/mol. The monoisotopic (exact) mass is 191 g/mol. The first kappa shape index (κ1) is 9.99. The zero-order valence-corrected chi connectivity index (χ0v) is 7.58. The van der Waals surface area contributed by atoms with E-state index in [9.17, 15) is 4.79 Å². The fourth-order valence-electron chi connectivity index (χ4n) is 0.897. The van der Waals surface area contributed by atoms with E-state index in [1.54, 1.807) is 12.3 Å². The van der Waals surface area contributed by atoms with Gasteiger partial charge < -0.3 is 5.11 Å². The average Bonchev–Trinajstić information content (AvgIpc) is 2.61. The highest BCUT2D eigenvalue weighted by molar-refractivity contribution is 5.71. The highest BCUT2D eigenvalue weighted by Gasteiger charge is 2.13. The van der Waals surface area contributed by atoms with Gasteiger partial charge in [-0.15, -0.1) is 0 Å². The molecule has 0 spiro atoms.